The summed E-state index contributed by atoms with van der Waals surface area (Å²) in [5.74, 6) is 0.592. The predicted octanol–water partition coefficient (Wildman–Crippen LogP) is 1.71. The standard InChI is InChI=1S/C11H12N2O3S2/c1-18(14,15)10-4-2-9(3-5-10)16-6-8-7-17-11(12)13-8/h2-5,7H,6H2,1H3,(H2,12,13). The number of ether oxygens (including phenoxy) is 1. The smallest absolute Gasteiger partial charge is 0.180 e. The van der Waals surface area contributed by atoms with E-state index in [0.717, 1.165) is 5.69 Å². The van der Waals surface area contributed by atoms with Crippen LogP contribution in [0.2, 0.25) is 0 Å². The lowest BCUT2D eigenvalue weighted by atomic mass is 10.3. The number of sulfone groups is 1. The van der Waals surface area contributed by atoms with Crippen molar-refractivity contribution in [2.24, 2.45) is 0 Å². The summed E-state index contributed by atoms with van der Waals surface area (Å²) >= 11 is 1.35. The van der Waals surface area contributed by atoms with Gasteiger partial charge in [0, 0.05) is 11.6 Å². The molecule has 0 amide bonds. The second-order valence-electron chi connectivity index (χ2n) is 3.71. The van der Waals surface area contributed by atoms with Gasteiger partial charge in [-0.1, -0.05) is 0 Å². The Morgan fingerprint density at radius 1 is 1.33 bits per heavy atom. The zero-order valence-electron chi connectivity index (χ0n) is 9.66. The van der Waals surface area contributed by atoms with E-state index < -0.39 is 9.84 Å². The SMILES string of the molecule is CS(=O)(=O)c1ccc(OCc2csc(N)n2)cc1. The third-order valence-electron chi connectivity index (χ3n) is 2.21. The number of rotatable bonds is 4. The van der Waals surface area contributed by atoms with Gasteiger partial charge < -0.3 is 10.5 Å². The van der Waals surface area contributed by atoms with Gasteiger partial charge >= 0.3 is 0 Å². The van der Waals surface area contributed by atoms with Gasteiger partial charge in [-0.3, -0.25) is 0 Å². The van der Waals surface area contributed by atoms with Gasteiger partial charge in [-0.25, -0.2) is 13.4 Å². The van der Waals surface area contributed by atoms with Crippen LogP contribution in [-0.2, 0) is 16.4 Å². The van der Waals surface area contributed by atoms with Crippen LogP contribution in [0.25, 0.3) is 0 Å². The van der Waals surface area contributed by atoms with Crippen LogP contribution in [0.15, 0.2) is 34.5 Å². The van der Waals surface area contributed by atoms with Crippen molar-refractivity contribution in [2.45, 2.75) is 11.5 Å². The summed E-state index contributed by atoms with van der Waals surface area (Å²) in [6.07, 6.45) is 1.17. The molecule has 5 nitrogen and oxygen atoms in total. The first kappa shape index (κ1) is 12.8. The van der Waals surface area contributed by atoms with Crippen molar-refractivity contribution in [1.82, 2.24) is 4.98 Å². The molecule has 0 radical (unpaired) electrons. The monoisotopic (exact) mass is 284 g/mol. The van der Waals surface area contributed by atoms with Gasteiger partial charge in [-0.15, -0.1) is 11.3 Å². The largest absolute Gasteiger partial charge is 0.487 e. The zero-order chi connectivity index (χ0) is 13.2. The first-order chi connectivity index (χ1) is 8.45. The second kappa shape index (κ2) is 4.95. The third-order valence-corrected chi connectivity index (χ3v) is 4.06. The van der Waals surface area contributed by atoms with E-state index in [9.17, 15) is 8.42 Å². The molecule has 2 N–H and O–H groups in total. The third kappa shape index (κ3) is 3.21. The van der Waals surface area contributed by atoms with Crippen molar-refractivity contribution < 1.29 is 13.2 Å². The molecule has 96 valence electrons. The molecule has 0 saturated heterocycles. The number of benzene rings is 1. The lowest BCUT2D eigenvalue weighted by Gasteiger charge is -2.04. The first-order valence-electron chi connectivity index (χ1n) is 5.08. The van der Waals surface area contributed by atoms with Crippen LogP contribution in [0.5, 0.6) is 5.75 Å². The minimum Gasteiger partial charge on any atom is -0.487 e. The molecule has 2 aromatic rings. The molecule has 0 bridgehead atoms. The van der Waals surface area contributed by atoms with Gasteiger partial charge in [-0.05, 0) is 24.3 Å². The molecule has 1 heterocycles. The van der Waals surface area contributed by atoms with Crippen LogP contribution in [0, 0.1) is 0 Å². The summed E-state index contributed by atoms with van der Waals surface area (Å²) < 4.78 is 28.0. The van der Waals surface area contributed by atoms with Crippen molar-refractivity contribution in [2.75, 3.05) is 12.0 Å². The highest BCUT2D eigenvalue weighted by molar-refractivity contribution is 7.90. The van der Waals surface area contributed by atoms with Crippen LogP contribution in [0.4, 0.5) is 5.13 Å². The van der Waals surface area contributed by atoms with E-state index in [4.69, 9.17) is 10.5 Å². The van der Waals surface area contributed by atoms with Gasteiger partial charge in [0.15, 0.2) is 15.0 Å². The summed E-state index contributed by atoms with van der Waals surface area (Å²) in [5, 5.41) is 2.32. The lowest BCUT2D eigenvalue weighted by molar-refractivity contribution is 0.302. The molecule has 0 aliphatic heterocycles. The van der Waals surface area contributed by atoms with Crippen molar-refractivity contribution >= 4 is 26.3 Å². The second-order valence-corrected chi connectivity index (χ2v) is 6.61. The summed E-state index contributed by atoms with van der Waals surface area (Å²) in [7, 11) is -3.17. The topological polar surface area (TPSA) is 82.3 Å². The Morgan fingerprint density at radius 2 is 2.00 bits per heavy atom. The van der Waals surface area contributed by atoms with Crippen molar-refractivity contribution in [1.29, 1.82) is 0 Å². The van der Waals surface area contributed by atoms with E-state index >= 15 is 0 Å². The van der Waals surface area contributed by atoms with Crippen molar-refractivity contribution in [3.05, 3.63) is 35.3 Å². The molecule has 0 atom stereocenters. The van der Waals surface area contributed by atoms with Crippen LogP contribution < -0.4 is 10.5 Å². The van der Waals surface area contributed by atoms with Gasteiger partial charge in [0.2, 0.25) is 0 Å². The number of hydrogen-bond acceptors (Lipinski definition) is 6. The summed E-state index contributed by atoms with van der Waals surface area (Å²) in [6.45, 7) is 0.311. The number of thiazole rings is 1. The maximum absolute atomic E-state index is 11.3. The maximum Gasteiger partial charge on any atom is 0.180 e. The molecular formula is C11H12N2O3S2. The lowest BCUT2D eigenvalue weighted by Crippen LogP contribution is -1.98. The van der Waals surface area contributed by atoms with Crippen molar-refractivity contribution in [3.8, 4) is 5.75 Å². The molecular weight excluding hydrogens is 272 g/mol. The number of nitrogens with zero attached hydrogens (tertiary/aromatic N) is 1. The number of nitrogens with two attached hydrogens (primary N) is 1. The minimum absolute atomic E-state index is 0.271. The van der Waals surface area contributed by atoms with E-state index in [1.165, 1.54) is 29.7 Å². The number of aromatic nitrogens is 1. The Labute approximate surface area is 109 Å². The fourth-order valence-electron chi connectivity index (χ4n) is 1.33. The molecule has 0 saturated carbocycles. The molecule has 1 aromatic carbocycles. The molecule has 7 heteroatoms. The first-order valence-corrected chi connectivity index (χ1v) is 7.85. The van der Waals surface area contributed by atoms with Gasteiger partial charge in [0.05, 0.1) is 10.6 Å². The average Bonchev–Trinajstić information content (AvgIpc) is 2.72. The fraction of sp³-hybridized carbons (Fsp3) is 0.182. The van der Waals surface area contributed by atoms with Gasteiger partial charge in [-0.2, -0.15) is 0 Å². The molecule has 0 aliphatic carbocycles. The van der Waals surface area contributed by atoms with Crippen LogP contribution in [0.3, 0.4) is 0 Å². The predicted molar refractivity (Wildman–Crippen MR) is 70.4 cm³/mol. The van der Waals surface area contributed by atoms with Gasteiger partial charge in [0.1, 0.15) is 12.4 Å². The Hall–Kier alpha value is -1.60. The van der Waals surface area contributed by atoms with Crippen molar-refractivity contribution in [3.63, 3.8) is 0 Å². The number of hydrogen-bond donors (Lipinski definition) is 1. The normalized spacial score (nSPS) is 11.4. The quantitative estimate of drug-likeness (QED) is 0.924. The van der Waals surface area contributed by atoms with Crippen LogP contribution >= 0.6 is 11.3 Å². The van der Waals surface area contributed by atoms with Crippen LogP contribution in [0.1, 0.15) is 5.69 Å². The number of nitrogen functional groups attached to an aromatic ring is 1. The highest BCUT2D eigenvalue weighted by Gasteiger charge is 2.06. The molecule has 18 heavy (non-hydrogen) atoms. The average molecular weight is 284 g/mol. The highest BCUT2D eigenvalue weighted by atomic mass is 32.2. The van der Waals surface area contributed by atoms with Gasteiger partial charge in [0.25, 0.3) is 0 Å². The molecule has 0 unspecified atom stereocenters. The molecule has 0 spiro atoms. The highest BCUT2D eigenvalue weighted by Crippen LogP contribution is 2.18. The zero-order valence-corrected chi connectivity index (χ0v) is 11.3. The van der Waals surface area contributed by atoms with E-state index in [1.54, 1.807) is 12.1 Å². The molecule has 2 rings (SSSR count). The Bertz CT molecular complexity index is 633. The minimum atomic E-state index is -3.17. The summed E-state index contributed by atoms with van der Waals surface area (Å²) in [5.41, 5.74) is 6.25. The maximum atomic E-state index is 11.3. The number of anilines is 1. The van der Waals surface area contributed by atoms with E-state index in [1.807, 2.05) is 5.38 Å². The Morgan fingerprint density at radius 3 is 2.50 bits per heavy atom. The summed E-state index contributed by atoms with van der Waals surface area (Å²) in [6, 6.07) is 6.26. The van der Waals surface area contributed by atoms with E-state index in [2.05, 4.69) is 4.98 Å². The van der Waals surface area contributed by atoms with E-state index in [-0.39, 0.29) is 4.90 Å². The molecule has 0 aliphatic rings. The fourth-order valence-corrected chi connectivity index (χ4v) is 2.51. The van der Waals surface area contributed by atoms with Crippen LogP contribution in [-0.4, -0.2) is 19.7 Å². The molecule has 0 fully saturated rings. The van der Waals surface area contributed by atoms with E-state index in [0.29, 0.717) is 17.5 Å². The summed E-state index contributed by atoms with van der Waals surface area (Å²) in [4.78, 5) is 4.33. The Balaban J connectivity index is 2.03. The Kier molecular flexibility index (Phi) is 3.53. The molecule has 1 aromatic heterocycles.